The highest BCUT2D eigenvalue weighted by Crippen LogP contribution is 2.25. The second kappa shape index (κ2) is 5.33. The van der Waals surface area contributed by atoms with Crippen LogP contribution in [0.5, 0.6) is 0 Å². The summed E-state index contributed by atoms with van der Waals surface area (Å²) >= 11 is 1.74. The van der Waals surface area contributed by atoms with E-state index in [9.17, 15) is 0 Å². The van der Waals surface area contributed by atoms with Crippen molar-refractivity contribution in [2.24, 2.45) is 0 Å². The van der Waals surface area contributed by atoms with Crippen LogP contribution in [0.4, 0.5) is 5.69 Å². The number of aromatic nitrogens is 2. The maximum atomic E-state index is 5.80. The van der Waals surface area contributed by atoms with E-state index in [2.05, 4.69) is 29.0 Å². The molecule has 1 heterocycles. The zero-order valence-corrected chi connectivity index (χ0v) is 10.9. The Balaban J connectivity index is 2.24. The first kappa shape index (κ1) is 12.1. The van der Waals surface area contributed by atoms with E-state index in [1.54, 1.807) is 18.1 Å². The smallest absolute Gasteiger partial charge is 0.117 e. The Hall–Kier alpha value is -1.33. The molecule has 17 heavy (non-hydrogen) atoms. The average molecular weight is 248 g/mol. The van der Waals surface area contributed by atoms with Gasteiger partial charge >= 0.3 is 0 Å². The van der Waals surface area contributed by atoms with Gasteiger partial charge in [-0.05, 0) is 32.3 Å². The Morgan fingerprint density at radius 2 is 2.12 bits per heavy atom. The second-order valence-corrected chi connectivity index (χ2v) is 5.19. The summed E-state index contributed by atoms with van der Waals surface area (Å²) in [5, 5.41) is 2.04. The average Bonchev–Trinajstić information content (AvgIpc) is 2.29. The fraction of sp³-hybridized carbons (Fsp3) is 0.333. The molecule has 0 radical (unpaired) electrons. The van der Waals surface area contributed by atoms with Gasteiger partial charge in [0.05, 0.1) is 5.52 Å². The van der Waals surface area contributed by atoms with Crippen LogP contribution in [0, 0.1) is 0 Å². The van der Waals surface area contributed by atoms with E-state index in [0.717, 1.165) is 33.9 Å². The lowest BCUT2D eigenvalue weighted by Crippen LogP contribution is -2.14. The third kappa shape index (κ3) is 3.08. The van der Waals surface area contributed by atoms with E-state index in [1.165, 1.54) is 0 Å². The molecule has 0 aliphatic carbocycles. The van der Waals surface area contributed by atoms with E-state index in [4.69, 9.17) is 5.73 Å². The molecule has 90 valence electrons. The number of nitrogen functional groups attached to an aromatic ring is 1. The molecule has 0 unspecified atom stereocenters. The normalized spacial score (nSPS) is 11.2. The number of anilines is 1. The van der Waals surface area contributed by atoms with Gasteiger partial charge < -0.3 is 10.6 Å². The van der Waals surface area contributed by atoms with Gasteiger partial charge in [-0.1, -0.05) is 0 Å². The molecule has 0 amide bonds. The summed E-state index contributed by atoms with van der Waals surface area (Å²) in [6, 6.07) is 5.74. The Kier molecular flexibility index (Phi) is 3.81. The summed E-state index contributed by atoms with van der Waals surface area (Å²) in [4.78, 5) is 10.7. The molecular weight excluding hydrogens is 232 g/mol. The SMILES string of the molecule is CN(C)CCSc1ncnc2ccc(N)cc12. The van der Waals surface area contributed by atoms with Gasteiger partial charge in [0.2, 0.25) is 0 Å². The lowest BCUT2D eigenvalue weighted by atomic mass is 10.2. The highest BCUT2D eigenvalue weighted by molar-refractivity contribution is 7.99. The number of hydrogen-bond donors (Lipinski definition) is 1. The van der Waals surface area contributed by atoms with Crippen molar-refractivity contribution in [1.82, 2.24) is 14.9 Å². The van der Waals surface area contributed by atoms with Crippen LogP contribution in [0.25, 0.3) is 10.9 Å². The fourth-order valence-electron chi connectivity index (χ4n) is 1.49. The summed E-state index contributed by atoms with van der Waals surface area (Å²) in [7, 11) is 4.13. The lowest BCUT2D eigenvalue weighted by molar-refractivity contribution is 0.437. The van der Waals surface area contributed by atoms with Crippen LogP contribution in [0.1, 0.15) is 0 Å². The van der Waals surface area contributed by atoms with Gasteiger partial charge in [-0.15, -0.1) is 11.8 Å². The van der Waals surface area contributed by atoms with Crippen LogP contribution < -0.4 is 5.73 Å². The number of nitrogens with two attached hydrogens (primary N) is 1. The summed E-state index contributed by atoms with van der Waals surface area (Å²) in [6.45, 7) is 1.03. The Morgan fingerprint density at radius 1 is 1.29 bits per heavy atom. The number of hydrogen-bond acceptors (Lipinski definition) is 5. The van der Waals surface area contributed by atoms with Crippen LogP contribution >= 0.6 is 11.8 Å². The number of benzene rings is 1. The second-order valence-electron chi connectivity index (χ2n) is 4.11. The maximum absolute atomic E-state index is 5.80. The number of fused-ring (bicyclic) bond motifs is 1. The molecule has 5 heteroatoms. The van der Waals surface area contributed by atoms with E-state index >= 15 is 0 Å². The van der Waals surface area contributed by atoms with E-state index in [0.29, 0.717) is 0 Å². The highest BCUT2D eigenvalue weighted by Gasteiger charge is 2.04. The van der Waals surface area contributed by atoms with Crippen molar-refractivity contribution in [3.63, 3.8) is 0 Å². The van der Waals surface area contributed by atoms with E-state index in [-0.39, 0.29) is 0 Å². The van der Waals surface area contributed by atoms with Gasteiger partial charge in [-0.3, -0.25) is 0 Å². The fourth-order valence-corrected chi connectivity index (χ4v) is 2.58. The predicted molar refractivity (Wildman–Crippen MR) is 73.2 cm³/mol. The van der Waals surface area contributed by atoms with Crippen LogP contribution in [0.15, 0.2) is 29.6 Å². The van der Waals surface area contributed by atoms with Crippen LogP contribution in [-0.4, -0.2) is 41.3 Å². The van der Waals surface area contributed by atoms with Gasteiger partial charge in [0.1, 0.15) is 11.4 Å². The van der Waals surface area contributed by atoms with Crippen LogP contribution in [0.2, 0.25) is 0 Å². The Morgan fingerprint density at radius 3 is 2.88 bits per heavy atom. The first-order valence-corrected chi connectivity index (χ1v) is 6.43. The van der Waals surface area contributed by atoms with Gasteiger partial charge in [0.25, 0.3) is 0 Å². The third-order valence-corrected chi connectivity index (χ3v) is 3.39. The zero-order chi connectivity index (χ0) is 12.3. The van der Waals surface area contributed by atoms with Crippen LogP contribution in [-0.2, 0) is 0 Å². The minimum absolute atomic E-state index is 0.752. The standard InChI is InChI=1S/C12H16N4S/c1-16(2)5-6-17-12-10-7-9(13)3-4-11(10)14-8-15-12/h3-4,7-8H,5-6,13H2,1-2H3. The first-order chi connectivity index (χ1) is 8.16. The quantitative estimate of drug-likeness (QED) is 0.508. The molecule has 1 aromatic carbocycles. The van der Waals surface area contributed by atoms with Crippen molar-refractivity contribution < 1.29 is 0 Å². The molecular formula is C12H16N4S. The van der Waals surface area contributed by atoms with Crippen LogP contribution in [0.3, 0.4) is 0 Å². The monoisotopic (exact) mass is 248 g/mol. The molecule has 0 saturated heterocycles. The summed E-state index contributed by atoms with van der Waals surface area (Å²) in [5.74, 6) is 1.01. The maximum Gasteiger partial charge on any atom is 0.117 e. The summed E-state index contributed by atoms with van der Waals surface area (Å²) in [5.41, 5.74) is 7.49. The van der Waals surface area contributed by atoms with Crippen molar-refractivity contribution in [1.29, 1.82) is 0 Å². The topological polar surface area (TPSA) is 55.0 Å². The first-order valence-electron chi connectivity index (χ1n) is 5.44. The molecule has 0 bridgehead atoms. The molecule has 4 nitrogen and oxygen atoms in total. The summed E-state index contributed by atoms with van der Waals surface area (Å²) < 4.78 is 0. The van der Waals surface area contributed by atoms with Gasteiger partial charge in [-0.2, -0.15) is 0 Å². The summed E-state index contributed by atoms with van der Waals surface area (Å²) in [6.07, 6.45) is 1.61. The number of thioether (sulfide) groups is 1. The van der Waals surface area contributed by atoms with Gasteiger partial charge in [-0.25, -0.2) is 9.97 Å². The molecule has 0 fully saturated rings. The van der Waals surface area contributed by atoms with Crippen molar-refractivity contribution in [2.45, 2.75) is 5.03 Å². The molecule has 2 N–H and O–H groups in total. The molecule has 1 aromatic heterocycles. The largest absolute Gasteiger partial charge is 0.399 e. The highest BCUT2D eigenvalue weighted by atomic mass is 32.2. The molecule has 2 rings (SSSR count). The molecule has 0 aliphatic heterocycles. The number of rotatable bonds is 4. The molecule has 2 aromatic rings. The minimum Gasteiger partial charge on any atom is -0.399 e. The van der Waals surface area contributed by atoms with Gasteiger partial charge in [0.15, 0.2) is 0 Å². The Bertz CT molecular complexity index is 513. The molecule has 0 saturated carbocycles. The van der Waals surface area contributed by atoms with Gasteiger partial charge in [0, 0.05) is 23.4 Å². The molecule has 0 spiro atoms. The van der Waals surface area contributed by atoms with Crippen molar-refractivity contribution in [3.8, 4) is 0 Å². The minimum atomic E-state index is 0.752. The Labute approximate surface area is 105 Å². The van der Waals surface area contributed by atoms with Crippen molar-refractivity contribution in [3.05, 3.63) is 24.5 Å². The van der Waals surface area contributed by atoms with Crippen molar-refractivity contribution >= 4 is 28.4 Å². The lowest BCUT2D eigenvalue weighted by Gasteiger charge is -2.09. The molecule has 0 aliphatic rings. The predicted octanol–water partition coefficient (Wildman–Crippen LogP) is 1.87. The third-order valence-electron chi connectivity index (χ3n) is 2.40. The zero-order valence-electron chi connectivity index (χ0n) is 10.1. The molecule has 0 atom stereocenters. The van der Waals surface area contributed by atoms with Crippen molar-refractivity contribution in [2.75, 3.05) is 32.1 Å². The van der Waals surface area contributed by atoms with E-state index < -0.39 is 0 Å². The van der Waals surface area contributed by atoms with E-state index in [1.807, 2.05) is 18.2 Å². The number of nitrogens with zero attached hydrogens (tertiary/aromatic N) is 3.